The second-order valence-electron chi connectivity index (χ2n) is 7.36. The fourth-order valence-electron chi connectivity index (χ4n) is 3.43. The standard InChI is InChI=1S/C22H21N7O2/c1-31-17-11-9-15(10-12-17)21-24-18(25-27-21)13-23-22(30)19-20(14-7-8-14)29(28-26-19)16-5-3-2-4-6-16/h2-6,9-12,14H,7-8,13H2,1H3,(H,23,30)(H,24,25,27). The SMILES string of the molecule is COc1ccc(-c2n[nH]c(CNC(=O)c3nnn(-c4ccccc4)c3C3CC3)n2)cc1. The lowest BCUT2D eigenvalue weighted by Gasteiger charge is -2.07. The fraction of sp³-hybridized carbons (Fsp3) is 0.227. The minimum Gasteiger partial charge on any atom is -0.497 e. The molecule has 2 aromatic carbocycles. The zero-order valence-corrected chi connectivity index (χ0v) is 16.9. The number of H-pyrrole nitrogens is 1. The molecule has 5 rings (SSSR count). The van der Waals surface area contributed by atoms with Crippen molar-refractivity contribution in [1.82, 2.24) is 35.5 Å². The lowest BCUT2D eigenvalue weighted by atomic mass is 10.2. The van der Waals surface area contributed by atoms with Gasteiger partial charge in [0.05, 0.1) is 25.0 Å². The molecule has 1 aliphatic carbocycles. The van der Waals surface area contributed by atoms with Gasteiger partial charge in [-0.25, -0.2) is 9.67 Å². The van der Waals surface area contributed by atoms with Gasteiger partial charge in [0.15, 0.2) is 11.5 Å². The molecule has 1 aliphatic rings. The third-order valence-corrected chi connectivity index (χ3v) is 5.18. The van der Waals surface area contributed by atoms with Crippen LogP contribution in [-0.2, 0) is 6.54 Å². The summed E-state index contributed by atoms with van der Waals surface area (Å²) in [5.41, 5.74) is 2.98. The van der Waals surface area contributed by atoms with Crippen LogP contribution in [0.15, 0.2) is 54.6 Å². The van der Waals surface area contributed by atoms with Gasteiger partial charge in [-0.15, -0.1) is 5.10 Å². The van der Waals surface area contributed by atoms with E-state index in [0.29, 0.717) is 23.3 Å². The molecule has 0 unspecified atom stereocenters. The molecule has 2 heterocycles. The number of aromatic amines is 1. The second-order valence-corrected chi connectivity index (χ2v) is 7.36. The smallest absolute Gasteiger partial charge is 0.274 e. The molecule has 4 aromatic rings. The number of amides is 1. The van der Waals surface area contributed by atoms with Gasteiger partial charge in [-0.2, -0.15) is 5.10 Å². The number of carbonyl (C=O) groups excluding carboxylic acids is 1. The van der Waals surface area contributed by atoms with Gasteiger partial charge < -0.3 is 10.1 Å². The Morgan fingerprint density at radius 2 is 1.94 bits per heavy atom. The third kappa shape index (κ3) is 3.89. The van der Waals surface area contributed by atoms with E-state index < -0.39 is 0 Å². The van der Waals surface area contributed by atoms with Gasteiger partial charge in [-0.1, -0.05) is 23.4 Å². The van der Waals surface area contributed by atoms with E-state index in [2.05, 4.69) is 30.8 Å². The van der Waals surface area contributed by atoms with Gasteiger partial charge in [0.1, 0.15) is 11.6 Å². The molecule has 0 aliphatic heterocycles. The van der Waals surface area contributed by atoms with E-state index in [0.717, 1.165) is 35.5 Å². The van der Waals surface area contributed by atoms with Gasteiger partial charge in [-0.05, 0) is 49.2 Å². The summed E-state index contributed by atoms with van der Waals surface area (Å²) in [5.74, 6) is 1.92. The minimum atomic E-state index is -0.272. The molecule has 156 valence electrons. The summed E-state index contributed by atoms with van der Waals surface area (Å²) in [6.07, 6.45) is 2.07. The van der Waals surface area contributed by atoms with Crippen LogP contribution in [0.1, 0.15) is 40.8 Å². The van der Waals surface area contributed by atoms with Crippen LogP contribution in [0.5, 0.6) is 5.75 Å². The number of carbonyl (C=O) groups is 1. The second kappa shape index (κ2) is 8.02. The van der Waals surface area contributed by atoms with Crippen molar-refractivity contribution >= 4 is 5.91 Å². The van der Waals surface area contributed by atoms with Crippen LogP contribution in [0.4, 0.5) is 0 Å². The number of hydrogen-bond donors (Lipinski definition) is 2. The van der Waals surface area contributed by atoms with E-state index in [9.17, 15) is 4.79 Å². The Bertz CT molecular complexity index is 1190. The number of aromatic nitrogens is 6. The number of nitrogens with zero attached hydrogens (tertiary/aromatic N) is 5. The topological polar surface area (TPSA) is 111 Å². The maximum Gasteiger partial charge on any atom is 0.274 e. The molecule has 1 amide bonds. The summed E-state index contributed by atoms with van der Waals surface area (Å²) >= 11 is 0. The Labute approximate surface area is 178 Å². The lowest BCUT2D eigenvalue weighted by molar-refractivity contribution is 0.0943. The molecular weight excluding hydrogens is 394 g/mol. The van der Waals surface area contributed by atoms with E-state index >= 15 is 0 Å². The maximum absolute atomic E-state index is 12.9. The van der Waals surface area contributed by atoms with Gasteiger partial charge >= 0.3 is 0 Å². The van der Waals surface area contributed by atoms with Crippen molar-refractivity contribution < 1.29 is 9.53 Å². The number of rotatable bonds is 7. The summed E-state index contributed by atoms with van der Waals surface area (Å²) in [6.45, 7) is 0.213. The first-order chi connectivity index (χ1) is 15.2. The maximum atomic E-state index is 12.9. The van der Waals surface area contributed by atoms with E-state index in [1.807, 2.05) is 54.6 Å². The van der Waals surface area contributed by atoms with Crippen molar-refractivity contribution in [2.75, 3.05) is 7.11 Å². The highest BCUT2D eigenvalue weighted by atomic mass is 16.5. The van der Waals surface area contributed by atoms with Crippen molar-refractivity contribution in [1.29, 1.82) is 0 Å². The van der Waals surface area contributed by atoms with Crippen LogP contribution in [0.25, 0.3) is 17.1 Å². The number of benzene rings is 2. The van der Waals surface area contributed by atoms with Crippen molar-refractivity contribution in [3.05, 3.63) is 71.8 Å². The van der Waals surface area contributed by atoms with Crippen molar-refractivity contribution in [2.24, 2.45) is 0 Å². The Balaban J connectivity index is 1.30. The quantitative estimate of drug-likeness (QED) is 0.480. The summed E-state index contributed by atoms with van der Waals surface area (Å²) in [6, 6.07) is 17.2. The highest BCUT2D eigenvalue weighted by Crippen LogP contribution is 2.41. The molecule has 1 fully saturated rings. The first-order valence-corrected chi connectivity index (χ1v) is 10.1. The Morgan fingerprint density at radius 3 is 2.65 bits per heavy atom. The molecule has 1 saturated carbocycles. The molecule has 0 radical (unpaired) electrons. The van der Waals surface area contributed by atoms with Crippen LogP contribution in [0.2, 0.25) is 0 Å². The zero-order chi connectivity index (χ0) is 21.2. The van der Waals surface area contributed by atoms with Crippen LogP contribution >= 0.6 is 0 Å². The number of methoxy groups -OCH3 is 1. The molecule has 0 bridgehead atoms. The molecule has 0 spiro atoms. The van der Waals surface area contributed by atoms with E-state index in [4.69, 9.17) is 4.74 Å². The largest absolute Gasteiger partial charge is 0.497 e. The van der Waals surface area contributed by atoms with Crippen molar-refractivity contribution in [3.63, 3.8) is 0 Å². The molecule has 9 nitrogen and oxygen atoms in total. The molecule has 9 heteroatoms. The van der Waals surface area contributed by atoms with E-state index in [1.54, 1.807) is 11.8 Å². The Kier molecular flexibility index (Phi) is 4.91. The van der Waals surface area contributed by atoms with E-state index in [-0.39, 0.29) is 12.5 Å². The lowest BCUT2D eigenvalue weighted by Crippen LogP contribution is -2.25. The van der Waals surface area contributed by atoms with Gasteiger partial charge in [0.2, 0.25) is 0 Å². The minimum absolute atomic E-state index is 0.213. The average Bonchev–Trinajstić information content (AvgIpc) is 3.38. The Hall–Kier alpha value is -4.01. The Morgan fingerprint density at radius 1 is 1.16 bits per heavy atom. The number of para-hydroxylation sites is 1. The number of nitrogens with one attached hydrogen (secondary N) is 2. The molecule has 2 N–H and O–H groups in total. The summed E-state index contributed by atoms with van der Waals surface area (Å²) < 4.78 is 6.94. The zero-order valence-electron chi connectivity index (χ0n) is 16.9. The van der Waals surface area contributed by atoms with Crippen LogP contribution in [0, 0.1) is 0 Å². The molecule has 2 aromatic heterocycles. The molecule has 0 saturated heterocycles. The number of ether oxygens (including phenoxy) is 1. The fourth-order valence-corrected chi connectivity index (χ4v) is 3.43. The summed E-state index contributed by atoms with van der Waals surface area (Å²) in [4.78, 5) is 17.3. The van der Waals surface area contributed by atoms with Gasteiger partial charge in [-0.3, -0.25) is 9.89 Å². The van der Waals surface area contributed by atoms with Crippen LogP contribution < -0.4 is 10.1 Å². The van der Waals surface area contributed by atoms with Crippen LogP contribution in [-0.4, -0.2) is 43.2 Å². The van der Waals surface area contributed by atoms with Crippen LogP contribution in [0.3, 0.4) is 0 Å². The first-order valence-electron chi connectivity index (χ1n) is 10.1. The predicted molar refractivity (Wildman–Crippen MR) is 113 cm³/mol. The summed E-state index contributed by atoms with van der Waals surface area (Å²) in [7, 11) is 1.62. The third-order valence-electron chi connectivity index (χ3n) is 5.18. The first kappa shape index (κ1) is 19.0. The summed E-state index contributed by atoms with van der Waals surface area (Å²) in [5, 5.41) is 18.4. The molecule has 31 heavy (non-hydrogen) atoms. The van der Waals surface area contributed by atoms with E-state index in [1.165, 1.54) is 0 Å². The average molecular weight is 415 g/mol. The highest BCUT2D eigenvalue weighted by Gasteiger charge is 2.34. The molecular formula is C22H21N7O2. The number of hydrogen-bond acceptors (Lipinski definition) is 6. The monoisotopic (exact) mass is 415 g/mol. The van der Waals surface area contributed by atoms with Crippen molar-refractivity contribution in [3.8, 4) is 22.8 Å². The normalized spacial score (nSPS) is 13.2. The van der Waals surface area contributed by atoms with Crippen molar-refractivity contribution in [2.45, 2.75) is 25.3 Å². The highest BCUT2D eigenvalue weighted by molar-refractivity contribution is 5.93. The predicted octanol–water partition coefficient (Wildman–Crippen LogP) is 2.87. The van der Waals surface area contributed by atoms with Gasteiger partial charge in [0, 0.05) is 11.5 Å². The van der Waals surface area contributed by atoms with Gasteiger partial charge in [0.25, 0.3) is 5.91 Å². The molecule has 0 atom stereocenters.